The van der Waals surface area contributed by atoms with Crippen molar-refractivity contribution >= 4 is 27.9 Å². The molecule has 1 aromatic carbocycles. The first-order chi connectivity index (χ1) is 9.34. The Bertz CT molecular complexity index is 877. The first kappa shape index (κ1) is 10.6. The second-order valence-electron chi connectivity index (χ2n) is 4.34. The van der Waals surface area contributed by atoms with Gasteiger partial charge in [-0.1, -0.05) is 18.2 Å². The third-order valence-corrected chi connectivity index (χ3v) is 4.02. The average Bonchev–Trinajstić information content (AvgIpc) is 3.08. The number of nitrogens with zero attached hydrogens (tertiary/aromatic N) is 4. The molecule has 0 saturated carbocycles. The van der Waals surface area contributed by atoms with E-state index >= 15 is 0 Å². The quantitative estimate of drug-likeness (QED) is 0.531. The maximum atomic E-state index is 4.63. The molecule has 0 spiro atoms. The topological polar surface area (TPSA) is 43.1 Å². The summed E-state index contributed by atoms with van der Waals surface area (Å²) in [6.07, 6.45) is 0. The zero-order valence-corrected chi connectivity index (χ0v) is 11.1. The Kier molecular flexibility index (Phi) is 2.16. The van der Waals surface area contributed by atoms with E-state index in [1.54, 1.807) is 11.3 Å². The number of para-hydroxylation sites is 1. The molecule has 0 unspecified atom stereocenters. The molecule has 3 heterocycles. The molecule has 0 atom stereocenters. The van der Waals surface area contributed by atoms with Crippen LogP contribution in [0.5, 0.6) is 0 Å². The normalized spacial score (nSPS) is 11.4. The van der Waals surface area contributed by atoms with Gasteiger partial charge in [0.25, 0.3) is 0 Å². The smallest absolute Gasteiger partial charge is 0.179 e. The highest BCUT2D eigenvalue weighted by molar-refractivity contribution is 7.13. The Hall–Kier alpha value is -2.27. The lowest BCUT2D eigenvalue weighted by molar-refractivity contribution is 1.01. The van der Waals surface area contributed by atoms with Crippen molar-refractivity contribution < 1.29 is 0 Å². The zero-order valence-electron chi connectivity index (χ0n) is 10.2. The van der Waals surface area contributed by atoms with Gasteiger partial charge in [0.2, 0.25) is 0 Å². The van der Waals surface area contributed by atoms with E-state index in [0.717, 1.165) is 33.1 Å². The van der Waals surface area contributed by atoms with Crippen LogP contribution in [0.15, 0.2) is 41.8 Å². The molecule has 0 radical (unpaired) electrons. The Morgan fingerprint density at radius 1 is 1.05 bits per heavy atom. The van der Waals surface area contributed by atoms with Gasteiger partial charge in [0.05, 0.1) is 10.4 Å². The fourth-order valence-electron chi connectivity index (χ4n) is 2.32. The molecule has 92 valence electrons. The number of benzene rings is 1. The van der Waals surface area contributed by atoms with Crippen LogP contribution in [-0.2, 0) is 0 Å². The zero-order chi connectivity index (χ0) is 12.8. The van der Waals surface area contributed by atoms with Crippen LogP contribution < -0.4 is 0 Å². The summed E-state index contributed by atoms with van der Waals surface area (Å²) in [5.74, 6) is 1.77. The van der Waals surface area contributed by atoms with Crippen molar-refractivity contribution in [3.05, 3.63) is 47.6 Å². The van der Waals surface area contributed by atoms with Crippen molar-refractivity contribution in [2.75, 3.05) is 0 Å². The molecule has 0 aliphatic rings. The van der Waals surface area contributed by atoms with E-state index in [1.165, 1.54) is 0 Å². The van der Waals surface area contributed by atoms with E-state index in [9.17, 15) is 0 Å². The molecule has 3 aromatic heterocycles. The van der Waals surface area contributed by atoms with Crippen LogP contribution in [0.25, 0.3) is 27.3 Å². The largest absolute Gasteiger partial charge is 0.261 e. The number of rotatable bonds is 1. The van der Waals surface area contributed by atoms with Gasteiger partial charge in [-0.05, 0) is 30.5 Å². The highest BCUT2D eigenvalue weighted by atomic mass is 32.1. The van der Waals surface area contributed by atoms with Gasteiger partial charge in [0, 0.05) is 5.39 Å². The van der Waals surface area contributed by atoms with Crippen molar-refractivity contribution in [1.29, 1.82) is 0 Å². The molecule has 0 bridgehead atoms. The first-order valence-corrected chi connectivity index (χ1v) is 6.87. The predicted octanol–water partition coefficient (Wildman–Crippen LogP) is 3.31. The first-order valence-electron chi connectivity index (χ1n) is 5.99. The Morgan fingerprint density at radius 2 is 1.95 bits per heavy atom. The lowest BCUT2D eigenvalue weighted by Crippen LogP contribution is -1.98. The minimum Gasteiger partial charge on any atom is -0.261 e. The molecule has 4 aromatic rings. The molecule has 19 heavy (non-hydrogen) atoms. The van der Waals surface area contributed by atoms with Crippen molar-refractivity contribution in [2.45, 2.75) is 6.92 Å². The van der Waals surface area contributed by atoms with E-state index in [0.29, 0.717) is 0 Å². The summed E-state index contributed by atoms with van der Waals surface area (Å²) in [6.45, 7) is 1.99. The van der Waals surface area contributed by atoms with Gasteiger partial charge in [-0.2, -0.15) is 0 Å². The summed E-state index contributed by atoms with van der Waals surface area (Å²) in [5.41, 5.74) is 1.82. The summed E-state index contributed by atoms with van der Waals surface area (Å²) >= 11 is 1.66. The van der Waals surface area contributed by atoms with E-state index in [-0.39, 0.29) is 0 Å². The third-order valence-electron chi connectivity index (χ3n) is 3.16. The Morgan fingerprint density at radius 3 is 2.79 bits per heavy atom. The molecule has 0 fully saturated rings. The molecular formula is C14H10N4S. The van der Waals surface area contributed by atoms with Crippen LogP contribution in [0.2, 0.25) is 0 Å². The van der Waals surface area contributed by atoms with Crippen molar-refractivity contribution in [3.63, 3.8) is 0 Å². The lowest BCUT2D eigenvalue weighted by Gasteiger charge is -2.04. The minimum absolute atomic E-state index is 0.862. The van der Waals surface area contributed by atoms with Gasteiger partial charge in [-0.25, -0.2) is 4.98 Å². The average molecular weight is 266 g/mol. The number of hydrogen-bond acceptors (Lipinski definition) is 4. The van der Waals surface area contributed by atoms with Crippen LogP contribution in [-0.4, -0.2) is 19.6 Å². The fourth-order valence-corrected chi connectivity index (χ4v) is 3.01. The van der Waals surface area contributed by atoms with E-state index in [1.807, 2.05) is 47.0 Å². The summed E-state index contributed by atoms with van der Waals surface area (Å²) in [7, 11) is 0. The van der Waals surface area contributed by atoms with E-state index in [2.05, 4.69) is 21.2 Å². The molecule has 0 aliphatic carbocycles. The molecule has 4 rings (SSSR count). The molecule has 0 saturated heterocycles. The second-order valence-corrected chi connectivity index (χ2v) is 5.28. The van der Waals surface area contributed by atoms with Crippen molar-refractivity contribution in [2.24, 2.45) is 0 Å². The Labute approximate surface area is 113 Å². The molecule has 0 N–H and O–H groups in total. The van der Waals surface area contributed by atoms with Gasteiger partial charge < -0.3 is 0 Å². The van der Waals surface area contributed by atoms with Crippen molar-refractivity contribution in [3.8, 4) is 10.7 Å². The number of aromatic nitrogens is 4. The maximum Gasteiger partial charge on any atom is 0.179 e. The number of fused-ring (bicyclic) bond motifs is 3. The maximum absolute atomic E-state index is 4.63. The number of thiophene rings is 1. The van der Waals surface area contributed by atoms with Crippen LogP contribution in [0, 0.1) is 6.92 Å². The van der Waals surface area contributed by atoms with Crippen LogP contribution in [0.3, 0.4) is 0 Å². The van der Waals surface area contributed by atoms with Gasteiger partial charge in [0.1, 0.15) is 5.82 Å². The van der Waals surface area contributed by atoms with Crippen LogP contribution >= 0.6 is 11.3 Å². The van der Waals surface area contributed by atoms with E-state index in [4.69, 9.17) is 0 Å². The molecule has 5 heteroatoms. The fraction of sp³-hybridized carbons (Fsp3) is 0.0714. The number of aryl methyl sites for hydroxylation is 1. The SMILES string of the molecule is Cc1nc2ccccc2c2nnc(-c3cccs3)n12. The van der Waals surface area contributed by atoms with Gasteiger partial charge in [-0.15, -0.1) is 21.5 Å². The lowest BCUT2D eigenvalue weighted by atomic mass is 10.2. The summed E-state index contributed by atoms with van der Waals surface area (Å²) in [5, 5.41) is 11.7. The molecular weight excluding hydrogens is 256 g/mol. The van der Waals surface area contributed by atoms with E-state index < -0.39 is 0 Å². The molecule has 0 amide bonds. The van der Waals surface area contributed by atoms with Gasteiger partial charge in [-0.3, -0.25) is 4.40 Å². The second kappa shape index (κ2) is 3.86. The van der Waals surface area contributed by atoms with Gasteiger partial charge in [0.15, 0.2) is 11.5 Å². The van der Waals surface area contributed by atoms with Crippen molar-refractivity contribution in [1.82, 2.24) is 19.6 Å². The van der Waals surface area contributed by atoms with Gasteiger partial charge >= 0.3 is 0 Å². The van der Waals surface area contributed by atoms with Crippen LogP contribution in [0.1, 0.15) is 5.82 Å². The molecule has 0 aliphatic heterocycles. The predicted molar refractivity (Wildman–Crippen MR) is 76.3 cm³/mol. The standard InChI is InChI=1S/C14H10N4S/c1-9-15-11-6-3-2-5-10(11)13-16-17-14(18(9)13)12-7-4-8-19-12/h2-8H,1H3. The van der Waals surface area contributed by atoms with Crippen LogP contribution in [0.4, 0.5) is 0 Å². The monoisotopic (exact) mass is 266 g/mol. The summed E-state index contributed by atoms with van der Waals surface area (Å²) in [4.78, 5) is 5.74. The summed E-state index contributed by atoms with van der Waals surface area (Å²) in [6, 6.07) is 12.1. The molecule has 4 nitrogen and oxygen atoms in total. The third kappa shape index (κ3) is 1.48. The number of hydrogen-bond donors (Lipinski definition) is 0. The minimum atomic E-state index is 0.862. The summed E-state index contributed by atoms with van der Waals surface area (Å²) < 4.78 is 2.02. The highest BCUT2D eigenvalue weighted by Gasteiger charge is 2.14. The highest BCUT2D eigenvalue weighted by Crippen LogP contribution is 2.26. The Balaban J connectivity index is 2.17.